The van der Waals surface area contributed by atoms with Crippen molar-refractivity contribution in [3.8, 4) is 17.2 Å². The van der Waals surface area contributed by atoms with Gasteiger partial charge in [-0.2, -0.15) is 0 Å². The molecule has 7 nitrogen and oxygen atoms in total. The monoisotopic (exact) mass is 411 g/mol. The van der Waals surface area contributed by atoms with Crippen molar-refractivity contribution in [1.29, 1.82) is 0 Å². The third-order valence-corrected chi connectivity index (χ3v) is 5.78. The molecule has 1 aromatic heterocycles. The average Bonchev–Trinajstić information content (AvgIpc) is 3.39. The van der Waals surface area contributed by atoms with Crippen LogP contribution in [0.2, 0.25) is 0 Å². The molecule has 8 heteroatoms. The van der Waals surface area contributed by atoms with E-state index in [-0.39, 0.29) is 0 Å². The number of hydrogen-bond acceptors (Lipinski definition) is 7. The van der Waals surface area contributed by atoms with Gasteiger partial charge in [0.25, 0.3) is 0 Å². The molecule has 0 saturated carbocycles. The van der Waals surface area contributed by atoms with E-state index in [4.69, 9.17) is 9.15 Å². The number of ether oxygens (including phenoxy) is 1. The Morgan fingerprint density at radius 2 is 1.86 bits per heavy atom. The molecule has 29 heavy (non-hydrogen) atoms. The summed E-state index contributed by atoms with van der Waals surface area (Å²) in [4.78, 5) is 4.80. The molecule has 150 valence electrons. The van der Waals surface area contributed by atoms with E-state index in [9.17, 15) is 8.42 Å². The topological polar surface area (TPSA) is 93.5 Å². The van der Waals surface area contributed by atoms with Gasteiger partial charge in [0.05, 0.1) is 23.2 Å². The van der Waals surface area contributed by atoms with Crippen LogP contribution < -0.4 is 15.6 Å². The number of rotatable bonds is 7. The lowest BCUT2D eigenvalue weighted by Gasteiger charge is -2.14. The molecule has 3 aromatic rings. The summed E-state index contributed by atoms with van der Waals surface area (Å²) in [6.07, 6.45) is 4.94. The van der Waals surface area contributed by atoms with Crippen molar-refractivity contribution in [2.24, 2.45) is 0 Å². The third kappa shape index (κ3) is 4.49. The van der Waals surface area contributed by atoms with E-state index in [1.165, 1.54) is 12.5 Å². The molecule has 1 unspecified atom stereocenters. The Balaban J connectivity index is 1.33. The zero-order chi connectivity index (χ0) is 20.3. The summed E-state index contributed by atoms with van der Waals surface area (Å²) in [7, 11) is -3.28. The molecule has 1 aliphatic heterocycles. The first-order chi connectivity index (χ1) is 14.0. The number of sulfone groups is 1. The summed E-state index contributed by atoms with van der Waals surface area (Å²) in [5, 5.41) is 0. The highest BCUT2D eigenvalue weighted by Crippen LogP contribution is 2.28. The average molecular weight is 411 g/mol. The van der Waals surface area contributed by atoms with Crippen LogP contribution in [0.3, 0.4) is 0 Å². The third-order valence-electron chi connectivity index (χ3n) is 4.57. The first-order valence-corrected chi connectivity index (χ1v) is 11.0. The molecule has 2 N–H and O–H groups in total. The van der Waals surface area contributed by atoms with Gasteiger partial charge in [0.1, 0.15) is 12.0 Å². The van der Waals surface area contributed by atoms with E-state index >= 15 is 0 Å². The highest BCUT2D eigenvalue weighted by molar-refractivity contribution is 7.94. The Hall–Kier alpha value is -3.10. The van der Waals surface area contributed by atoms with Gasteiger partial charge in [0.2, 0.25) is 5.89 Å². The van der Waals surface area contributed by atoms with Crippen LogP contribution in [0.1, 0.15) is 17.3 Å². The fourth-order valence-electron chi connectivity index (χ4n) is 3.08. The summed E-state index contributed by atoms with van der Waals surface area (Å²) < 4.78 is 35.0. The molecule has 0 amide bonds. The van der Waals surface area contributed by atoms with E-state index in [1.54, 1.807) is 6.26 Å². The summed E-state index contributed by atoms with van der Waals surface area (Å²) in [5.74, 6) is 1.30. The number of nitrogens with one attached hydrogen (secondary N) is 2. The molecule has 0 radical (unpaired) electrons. The van der Waals surface area contributed by atoms with Gasteiger partial charge >= 0.3 is 0 Å². The Kier molecular flexibility index (Phi) is 5.37. The highest BCUT2D eigenvalue weighted by atomic mass is 32.2. The van der Waals surface area contributed by atoms with E-state index in [1.807, 2.05) is 54.6 Å². The predicted molar refractivity (Wildman–Crippen MR) is 110 cm³/mol. The van der Waals surface area contributed by atoms with E-state index in [0.717, 1.165) is 16.8 Å². The van der Waals surface area contributed by atoms with Crippen LogP contribution >= 0.6 is 0 Å². The maximum absolute atomic E-state index is 11.9. The van der Waals surface area contributed by atoms with Crippen LogP contribution in [-0.2, 0) is 16.3 Å². The molecule has 0 aliphatic carbocycles. The second kappa shape index (κ2) is 8.10. The molecular formula is C21H21N3O4S. The fraction of sp³-hybridized carbons (Fsp3) is 0.190. The van der Waals surface area contributed by atoms with Gasteiger partial charge in [-0.15, -0.1) is 0 Å². The van der Waals surface area contributed by atoms with Crippen molar-refractivity contribution in [2.45, 2.75) is 12.5 Å². The number of benzene rings is 2. The van der Waals surface area contributed by atoms with Crippen molar-refractivity contribution in [3.05, 3.63) is 83.2 Å². The molecule has 1 atom stereocenters. The lowest BCUT2D eigenvalue weighted by molar-refractivity contribution is 0.320. The summed E-state index contributed by atoms with van der Waals surface area (Å²) in [6, 6.07) is 16.7. The largest absolute Gasteiger partial charge is 0.493 e. The summed E-state index contributed by atoms with van der Waals surface area (Å²) >= 11 is 0. The molecule has 1 aliphatic rings. The van der Waals surface area contributed by atoms with Crippen LogP contribution in [0.5, 0.6) is 5.75 Å². The quantitative estimate of drug-likeness (QED) is 0.617. The second-order valence-corrected chi connectivity index (χ2v) is 8.73. The standard InChI is InChI=1S/C21H21N3O4S/c1-29(25,26)19-13-22-24-20(19)15-7-9-18(10-8-15)27-12-11-17-14-28-21(23-17)16-5-3-2-4-6-16/h2-10,13-14,20,22,24H,11-12H2,1H3. The van der Waals surface area contributed by atoms with E-state index in [2.05, 4.69) is 15.8 Å². The highest BCUT2D eigenvalue weighted by Gasteiger charge is 2.28. The second-order valence-electron chi connectivity index (χ2n) is 6.72. The number of nitrogens with zero attached hydrogens (tertiary/aromatic N) is 1. The molecule has 2 aromatic carbocycles. The SMILES string of the molecule is CS(=O)(=O)C1=CNNC1c1ccc(OCCc2coc(-c3ccccc3)n2)cc1. The minimum absolute atomic E-state index is 0.312. The van der Waals surface area contributed by atoms with Crippen molar-refractivity contribution in [2.75, 3.05) is 12.9 Å². The van der Waals surface area contributed by atoms with Crippen LogP contribution in [0.4, 0.5) is 0 Å². The number of aromatic nitrogens is 1. The van der Waals surface area contributed by atoms with Gasteiger partial charge in [0.15, 0.2) is 9.84 Å². The van der Waals surface area contributed by atoms with Crippen molar-refractivity contribution < 1.29 is 17.6 Å². The van der Waals surface area contributed by atoms with Crippen molar-refractivity contribution in [1.82, 2.24) is 15.8 Å². The number of hydrogen-bond donors (Lipinski definition) is 2. The number of hydrazine groups is 1. The zero-order valence-electron chi connectivity index (χ0n) is 15.8. The minimum atomic E-state index is -3.28. The van der Waals surface area contributed by atoms with E-state index in [0.29, 0.717) is 29.6 Å². The molecule has 0 bridgehead atoms. The van der Waals surface area contributed by atoms with Crippen LogP contribution in [-0.4, -0.2) is 26.3 Å². The van der Waals surface area contributed by atoms with Gasteiger partial charge in [-0.25, -0.2) is 18.8 Å². The van der Waals surface area contributed by atoms with Crippen LogP contribution in [0.25, 0.3) is 11.5 Å². The summed E-state index contributed by atoms with van der Waals surface area (Å²) in [5.41, 5.74) is 8.32. The Bertz CT molecular complexity index is 1110. The molecule has 2 heterocycles. The van der Waals surface area contributed by atoms with Gasteiger partial charge in [-0.3, -0.25) is 0 Å². The van der Waals surface area contributed by atoms with Crippen LogP contribution in [0.15, 0.2) is 76.4 Å². The van der Waals surface area contributed by atoms with Gasteiger partial charge in [-0.1, -0.05) is 30.3 Å². The van der Waals surface area contributed by atoms with Crippen molar-refractivity contribution in [3.63, 3.8) is 0 Å². The van der Waals surface area contributed by atoms with Gasteiger partial charge in [-0.05, 0) is 29.8 Å². The molecule has 4 rings (SSSR count). The lowest BCUT2D eigenvalue weighted by Crippen LogP contribution is -2.26. The molecule has 0 spiro atoms. The Morgan fingerprint density at radius 3 is 2.59 bits per heavy atom. The fourth-order valence-corrected chi connectivity index (χ4v) is 3.98. The minimum Gasteiger partial charge on any atom is -0.493 e. The number of oxazole rings is 1. The van der Waals surface area contributed by atoms with Crippen LogP contribution in [0, 0.1) is 0 Å². The van der Waals surface area contributed by atoms with E-state index < -0.39 is 15.9 Å². The molecule has 0 saturated heterocycles. The Labute approximate surface area is 169 Å². The molecule has 0 fully saturated rings. The van der Waals surface area contributed by atoms with Gasteiger partial charge < -0.3 is 14.6 Å². The van der Waals surface area contributed by atoms with Crippen molar-refractivity contribution >= 4 is 9.84 Å². The molecular weight excluding hydrogens is 390 g/mol. The maximum atomic E-state index is 11.9. The maximum Gasteiger partial charge on any atom is 0.226 e. The normalized spacial score (nSPS) is 16.3. The first kappa shape index (κ1) is 19.2. The first-order valence-electron chi connectivity index (χ1n) is 9.14. The lowest BCUT2D eigenvalue weighted by atomic mass is 10.1. The van der Waals surface area contributed by atoms with Gasteiger partial charge in [0, 0.05) is 24.4 Å². The zero-order valence-corrected chi connectivity index (χ0v) is 16.6. The predicted octanol–water partition coefficient (Wildman–Crippen LogP) is 3.00. The Morgan fingerprint density at radius 1 is 1.10 bits per heavy atom. The smallest absolute Gasteiger partial charge is 0.226 e. The summed E-state index contributed by atoms with van der Waals surface area (Å²) in [6.45, 7) is 0.456.